The number of aliphatic imine (C=N–C) groups is 1. The molecule has 4 nitrogen and oxygen atoms in total. The van der Waals surface area contributed by atoms with E-state index in [-0.39, 0.29) is 0 Å². The topological polar surface area (TPSA) is 49.3 Å². The average Bonchev–Trinajstić information content (AvgIpc) is 2.93. The Balaban J connectivity index is 1.91. The predicted octanol–water partition coefficient (Wildman–Crippen LogP) is 3.34. The van der Waals surface area contributed by atoms with Crippen molar-refractivity contribution >= 4 is 17.3 Å². The number of aromatic nitrogens is 1. The smallest absolute Gasteiger partial charge is 0.191 e. The zero-order valence-electron chi connectivity index (χ0n) is 13.5. The highest BCUT2D eigenvalue weighted by Gasteiger charge is 2.19. The van der Waals surface area contributed by atoms with E-state index in [0.29, 0.717) is 12.6 Å². The number of thiazole rings is 1. The van der Waals surface area contributed by atoms with E-state index in [1.54, 1.807) is 11.3 Å². The van der Waals surface area contributed by atoms with Gasteiger partial charge >= 0.3 is 0 Å². The third-order valence-corrected chi connectivity index (χ3v) is 4.96. The van der Waals surface area contributed by atoms with E-state index < -0.39 is 0 Å². The molecule has 0 aromatic carbocycles. The van der Waals surface area contributed by atoms with Gasteiger partial charge in [-0.05, 0) is 32.1 Å². The highest BCUT2D eigenvalue weighted by atomic mass is 32.1. The fourth-order valence-corrected chi connectivity index (χ4v) is 3.56. The molecule has 0 saturated heterocycles. The Kier molecular flexibility index (Phi) is 6.49. The van der Waals surface area contributed by atoms with Crippen LogP contribution in [0.15, 0.2) is 10.4 Å². The normalized spacial score (nSPS) is 23.1. The lowest BCUT2D eigenvalue weighted by Gasteiger charge is -2.28. The summed E-state index contributed by atoms with van der Waals surface area (Å²) < 4.78 is 0. The van der Waals surface area contributed by atoms with Gasteiger partial charge in [-0.2, -0.15) is 0 Å². The van der Waals surface area contributed by atoms with Crippen molar-refractivity contribution in [3.8, 4) is 0 Å². The van der Waals surface area contributed by atoms with Gasteiger partial charge in [0.15, 0.2) is 5.96 Å². The molecule has 1 aromatic heterocycles. The van der Waals surface area contributed by atoms with Gasteiger partial charge in [0.2, 0.25) is 0 Å². The minimum Gasteiger partial charge on any atom is -0.357 e. The van der Waals surface area contributed by atoms with E-state index in [9.17, 15) is 0 Å². The number of guanidine groups is 1. The van der Waals surface area contributed by atoms with Gasteiger partial charge < -0.3 is 10.6 Å². The minimum absolute atomic E-state index is 0.563. The third-order valence-electron chi connectivity index (χ3n) is 3.92. The summed E-state index contributed by atoms with van der Waals surface area (Å²) in [6.45, 7) is 8.15. The lowest BCUT2D eigenvalue weighted by atomic mass is 9.87. The molecule has 2 N–H and O–H groups in total. The zero-order valence-corrected chi connectivity index (χ0v) is 14.3. The minimum atomic E-state index is 0.563. The molecule has 1 fully saturated rings. The van der Waals surface area contributed by atoms with Crippen LogP contribution in [0.2, 0.25) is 0 Å². The lowest BCUT2D eigenvalue weighted by Crippen LogP contribution is -2.45. The Morgan fingerprint density at radius 3 is 2.95 bits per heavy atom. The molecule has 21 heavy (non-hydrogen) atoms. The van der Waals surface area contributed by atoms with Gasteiger partial charge in [0, 0.05) is 18.0 Å². The molecule has 1 heterocycles. The first-order chi connectivity index (χ1) is 10.2. The van der Waals surface area contributed by atoms with Crippen LogP contribution in [-0.2, 0) is 13.0 Å². The summed E-state index contributed by atoms with van der Waals surface area (Å²) in [5, 5.41) is 10.3. The standard InChI is InChI=1S/C16H28N4S/c1-4-15-19-14(11-21-15)10-18-16(17-5-2)20-13-8-6-7-12(3)9-13/h11-13H,4-10H2,1-3H3,(H2,17,18,20). The predicted molar refractivity (Wildman–Crippen MR) is 90.9 cm³/mol. The van der Waals surface area contributed by atoms with Crippen molar-refractivity contribution in [3.63, 3.8) is 0 Å². The zero-order chi connectivity index (χ0) is 15.1. The molecule has 0 bridgehead atoms. The molecule has 2 atom stereocenters. The Morgan fingerprint density at radius 2 is 2.29 bits per heavy atom. The number of rotatable bonds is 5. The third kappa shape index (κ3) is 5.30. The lowest BCUT2D eigenvalue weighted by molar-refractivity contribution is 0.324. The van der Waals surface area contributed by atoms with E-state index in [1.165, 1.54) is 30.7 Å². The van der Waals surface area contributed by atoms with E-state index in [0.717, 1.165) is 30.5 Å². The maximum absolute atomic E-state index is 4.69. The quantitative estimate of drug-likeness (QED) is 0.648. The molecule has 0 spiro atoms. The summed E-state index contributed by atoms with van der Waals surface area (Å²) >= 11 is 1.73. The van der Waals surface area contributed by atoms with Crippen molar-refractivity contribution in [1.29, 1.82) is 0 Å². The second-order valence-electron chi connectivity index (χ2n) is 5.89. The van der Waals surface area contributed by atoms with Gasteiger partial charge in [-0.25, -0.2) is 9.98 Å². The Hall–Kier alpha value is -1.10. The van der Waals surface area contributed by atoms with Crippen LogP contribution in [0.25, 0.3) is 0 Å². The second kappa shape index (κ2) is 8.37. The van der Waals surface area contributed by atoms with Crippen LogP contribution in [0, 0.1) is 5.92 Å². The van der Waals surface area contributed by atoms with Crippen molar-refractivity contribution < 1.29 is 0 Å². The van der Waals surface area contributed by atoms with Crippen molar-refractivity contribution in [1.82, 2.24) is 15.6 Å². The summed E-state index contributed by atoms with van der Waals surface area (Å²) in [6.07, 6.45) is 6.20. The molecule has 5 heteroatoms. The first-order valence-electron chi connectivity index (χ1n) is 8.19. The van der Waals surface area contributed by atoms with Gasteiger partial charge in [-0.1, -0.05) is 26.7 Å². The van der Waals surface area contributed by atoms with Crippen LogP contribution >= 0.6 is 11.3 Å². The number of aryl methyl sites for hydroxylation is 1. The highest BCUT2D eigenvalue weighted by molar-refractivity contribution is 7.09. The van der Waals surface area contributed by atoms with Crippen LogP contribution in [0.3, 0.4) is 0 Å². The molecule has 0 radical (unpaired) electrons. The monoisotopic (exact) mass is 308 g/mol. The molecular formula is C16H28N4S. The van der Waals surface area contributed by atoms with Gasteiger partial charge in [-0.15, -0.1) is 11.3 Å². The molecule has 1 aromatic rings. The fourth-order valence-electron chi connectivity index (χ4n) is 2.82. The number of hydrogen-bond acceptors (Lipinski definition) is 3. The molecule has 1 aliphatic carbocycles. The maximum atomic E-state index is 4.69. The largest absolute Gasteiger partial charge is 0.357 e. The fraction of sp³-hybridized carbons (Fsp3) is 0.750. The number of nitrogens with zero attached hydrogens (tertiary/aromatic N) is 2. The van der Waals surface area contributed by atoms with Crippen molar-refractivity contribution in [2.45, 2.75) is 65.5 Å². The van der Waals surface area contributed by atoms with Crippen LogP contribution in [-0.4, -0.2) is 23.5 Å². The Bertz CT molecular complexity index is 455. The molecule has 2 rings (SSSR count). The summed E-state index contributed by atoms with van der Waals surface area (Å²) in [5.41, 5.74) is 1.08. The molecule has 2 unspecified atom stereocenters. The maximum Gasteiger partial charge on any atom is 0.191 e. The van der Waals surface area contributed by atoms with E-state index in [2.05, 4.69) is 46.8 Å². The van der Waals surface area contributed by atoms with Gasteiger partial charge in [-0.3, -0.25) is 0 Å². The Morgan fingerprint density at radius 1 is 1.43 bits per heavy atom. The number of hydrogen-bond donors (Lipinski definition) is 2. The first-order valence-corrected chi connectivity index (χ1v) is 9.07. The molecule has 1 saturated carbocycles. The summed E-state index contributed by atoms with van der Waals surface area (Å²) in [4.78, 5) is 9.26. The molecule has 0 amide bonds. The molecule has 0 aliphatic heterocycles. The summed E-state index contributed by atoms with van der Waals surface area (Å²) in [7, 11) is 0. The Labute approximate surface area is 132 Å². The first kappa shape index (κ1) is 16.3. The van der Waals surface area contributed by atoms with E-state index in [1.807, 2.05) is 0 Å². The molecular weight excluding hydrogens is 280 g/mol. The van der Waals surface area contributed by atoms with Crippen molar-refractivity contribution in [2.75, 3.05) is 6.54 Å². The second-order valence-corrected chi connectivity index (χ2v) is 6.84. The van der Waals surface area contributed by atoms with Crippen LogP contribution in [0.4, 0.5) is 0 Å². The van der Waals surface area contributed by atoms with Gasteiger partial charge in [0.1, 0.15) is 0 Å². The van der Waals surface area contributed by atoms with Crippen molar-refractivity contribution in [3.05, 3.63) is 16.1 Å². The summed E-state index contributed by atoms with van der Waals surface area (Å²) in [6, 6.07) is 0.563. The van der Waals surface area contributed by atoms with Crippen LogP contribution < -0.4 is 10.6 Å². The summed E-state index contributed by atoms with van der Waals surface area (Å²) in [5.74, 6) is 1.76. The van der Waals surface area contributed by atoms with Gasteiger partial charge in [0.25, 0.3) is 0 Å². The average molecular weight is 308 g/mol. The van der Waals surface area contributed by atoms with Gasteiger partial charge in [0.05, 0.1) is 17.2 Å². The number of nitrogens with one attached hydrogen (secondary N) is 2. The highest BCUT2D eigenvalue weighted by Crippen LogP contribution is 2.23. The van der Waals surface area contributed by atoms with Crippen LogP contribution in [0.1, 0.15) is 57.2 Å². The van der Waals surface area contributed by atoms with E-state index >= 15 is 0 Å². The molecule has 1 aliphatic rings. The molecule has 118 valence electrons. The van der Waals surface area contributed by atoms with Crippen molar-refractivity contribution in [2.24, 2.45) is 10.9 Å². The van der Waals surface area contributed by atoms with Crippen LogP contribution in [0.5, 0.6) is 0 Å². The SMILES string of the molecule is CCNC(=NCc1csc(CC)n1)NC1CCCC(C)C1. The van der Waals surface area contributed by atoms with E-state index in [4.69, 9.17) is 0 Å².